The van der Waals surface area contributed by atoms with E-state index in [0.29, 0.717) is 6.61 Å². The van der Waals surface area contributed by atoms with Crippen molar-refractivity contribution in [2.45, 2.75) is 45.7 Å². The second-order valence-corrected chi connectivity index (χ2v) is 10.7. The molecule has 3 heteroatoms. The van der Waals surface area contributed by atoms with Crippen LogP contribution >= 0.6 is 7.14 Å². The van der Waals surface area contributed by atoms with Gasteiger partial charge < -0.3 is 9.30 Å². The maximum atomic E-state index is 14.7. The van der Waals surface area contributed by atoms with Crippen molar-refractivity contribution < 1.29 is 9.30 Å². The van der Waals surface area contributed by atoms with Gasteiger partial charge in [0.2, 0.25) is 0 Å². The summed E-state index contributed by atoms with van der Waals surface area (Å²) in [6.45, 7) is 7.19. The highest BCUT2D eigenvalue weighted by Crippen LogP contribution is 2.59. The fourth-order valence-electron chi connectivity index (χ4n) is 4.21. The average Bonchev–Trinajstić information content (AvgIpc) is 2.80. The number of benzene rings is 2. The molecule has 0 heterocycles. The van der Waals surface area contributed by atoms with E-state index in [2.05, 4.69) is 19.9 Å². The average molecular weight is 368 g/mol. The van der Waals surface area contributed by atoms with Crippen LogP contribution in [0.5, 0.6) is 0 Å². The Kier molecular flexibility index (Phi) is 5.73. The zero-order chi connectivity index (χ0) is 18.6. The monoisotopic (exact) mass is 368 g/mol. The summed E-state index contributed by atoms with van der Waals surface area (Å²) in [6, 6.07) is 20.1. The second kappa shape index (κ2) is 7.84. The molecule has 0 aromatic heterocycles. The molecular weight excluding hydrogens is 339 g/mol. The van der Waals surface area contributed by atoms with E-state index in [1.807, 2.05) is 67.6 Å². The summed E-state index contributed by atoms with van der Waals surface area (Å²) in [7, 11) is -2.78. The van der Waals surface area contributed by atoms with E-state index in [9.17, 15) is 4.57 Å². The molecule has 0 fully saturated rings. The Morgan fingerprint density at radius 3 is 2.04 bits per heavy atom. The third-order valence-corrected chi connectivity index (χ3v) is 9.36. The number of allylic oxidation sites excluding steroid dienone is 2. The van der Waals surface area contributed by atoms with E-state index < -0.39 is 7.14 Å². The molecule has 2 aromatic carbocycles. The summed E-state index contributed by atoms with van der Waals surface area (Å²) in [5, 5.41) is 1.92. The summed E-state index contributed by atoms with van der Waals surface area (Å²) >= 11 is 0. The molecule has 138 valence electrons. The summed E-state index contributed by atoms with van der Waals surface area (Å²) < 4.78 is 20.6. The minimum Gasteiger partial charge on any atom is -0.499 e. The van der Waals surface area contributed by atoms with Gasteiger partial charge in [0.15, 0.2) is 0 Å². The molecule has 0 saturated carbocycles. The molecule has 1 aliphatic carbocycles. The lowest BCUT2D eigenvalue weighted by molar-refractivity contribution is 0.186. The Balaban J connectivity index is 2.10. The molecule has 0 radical (unpaired) electrons. The predicted molar refractivity (Wildman–Crippen MR) is 111 cm³/mol. The van der Waals surface area contributed by atoms with Crippen molar-refractivity contribution >= 4 is 17.8 Å². The van der Waals surface area contributed by atoms with Gasteiger partial charge in [-0.1, -0.05) is 74.5 Å². The summed E-state index contributed by atoms with van der Waals surface area (Å²) in [5.41, 5.74) is -0.0346. The molecule has 0 aliphatic heterocycles. The number of hydrogen-bond acceptors (Lipinski definition) is 2. The van der Waals surface area contributed by atoms with Gasteiger partial charge in [-0.15, -0.1) is 0 Å². The first-order chi connectivity index (χ1) is 12.5. The molecule has 0 saturated heterocycles. The third kappa shape index (κ3) is 3.67. The van der Waals surface area contributed by atoms with Gasteiger partial charge in [0.1, 0.15) is 7.14 Å². The first-order valence-corrected chi connectivity index (χ1v) is 11.3. The van der Waals surface area contributed by atoms with Crippen LogP contribution in [-0.4, -0.2) is 12.3 Å². The number of hydrogen-bond donors (Lipinski definition) is 0. The quantitative estimate of drug-likeness (QED) is 0.652. The van der Waals surface area contributed by atoms with Crippen LogP contribution in [0.25, 0.3) is 0 Å². The Hall–Kier alpha value is -1.79. The van der Waals surface area contributed by atoms with Crippen LogP contribution in [0, 0.1) is 5.41 Å². The van der Waals surface area contributed by atoms with Crippen LogP contribution in [-0.2, 0) is 9.30 Å². The smallest absolute Gasteiger partial charge is 0.146 e. The molecule has 2 nitrogen and oxygen atoms in total. The highest BCUT2D eigenvalue weighted by molar-refractivity contribution is 7.79. The van der Waals surface area contributed by atoms with Gasteiger partial charge in [-0.2, -0.15) is 0 Å². The molecule has 0 unspecified atom stereocenters. The third-order valence-electron chi connectivity index (χ3n) is 5.39. The van der Waals surface area contributed by atoms with Gasteiger partial charge in [0, 0.05) is 22.7 Å². The van der Waals surface area contributed by atoms with E-state index in [4.69, 9.17) is 4.74 Å². The van der Waals surface area contributed by atoms with Crippen LogP contribution < -0.4 is 10.6 Å². The zero-order valence-corrected chi connectivity index (χ0v) is 16.9. The molecule has 1 aliphatic rings. The van der Waals surface area contributed by atoms with Gasteiger partial charge in [-0.25, -0.2) is 0 Å². The van der Waals surface area contributed by atoms with Crippen molar-refractivity contribution in [1.82, 2.24) is 0 Å². The van der Waals surface area contributed by atoms with Crippen LogP contribution in [0.1, 0.15) is 40.0 Å². The highest BCUT2D eigenvalue weighted by Gasteiger charge is 2.46. The van der Waals surface area contributed by atoms with Gasteiger partial charge in [-0.05, 0) is 31.3 Å². The van der Waals surface area contributed by atoms with Gasteiger partial charge >= 0.3 is 0 Å². The van der Waals surface area contributed by atoms with E-state index in [0.717, 1.165) is 35.6 Å². The molecule has 26 heavy (non-hydrogen) atoms. The van der Waals surface area contributed by atoms with Crippen molar-refractivity contribution in [3.8, 4) is 0 Å². The van der Waals surface area contributed by atoms with E-state index in [1.165, 1.54) is 0 Å². The van der Waals surface area contributed by atoms with Crippen molar-refractivity contribution in [2.24, 2.45) is 5.41 Å². The highest BCUT2D eigenvalue weighted by atomic mass is 31.2. The molecule has 3 rings (SSSR count). The van der Waals surface area contributed by atoms with Crippen LogP contribution in [0.2, 0.25) is 0 Å². The van der Waals surface area contributed by atoms with Gasteiger partial charge in [0.25, 0.3) is 0 Å². The zero-order valence-electron chi connectivity index (χ0n) is 16.0. The lowest BCUT2D eigenvalue weighted by Crippen LogP contribution is -2.36. The minimum absolute atomic E-state index is 0.0778. The van der Waals surface area contributed by atoms with Crippen LogP contribution in [0.15, 0.2) is 72.5 Å². The van der Waals surface area contributed by atoms with Crippen molar-refractivity contribution in [2.75, 3.05) is 6.61 Å². The molecule has 2 aromatic rings. The fraction of sp³-hybridized carbons (Fsp3) is 0.391. The van der Waals surface area contributed by atoms with Gasteiger partial charge in [-0.3, -0.25) is 0 Å². The lowest BCUT2D eigenvalue weighted by Gasteiger charge is -2.39. The van der Waals surface area contributed by atoms with Crippen LogP contribution in [0.3, 0.4) is 0 Å². The SMILES string of the molecule is CCOC1=CCC[C@@H](P(=O)(c2ccccc2)c2ccccc2)C(C)(C)C1. The summed E-state index contributed by atoms with van der Waals surface area (Å²) in [4.78, 5) is 0. The van der Waals surface area contributed by atoms with Gasteiger partial charge in [0.05, 0.1) is 12.4 Å². The summed E-state index contributed by atoms with van der Waals surface area (Å²) in [5.74, 6) is 1.05. The second-order valence-electron chi connectivity index (χ2n) is 7.69. The van der Waals surface area contributed by atoms with E-state index in [1.54, 1.807) is 0 Å². The Labute approximate surface area is 157 Å². The summed E-state index contributed by atoms with van der Waals surface area (Å²) in [6.07, 6.45) is 4.85. The molecule has 1 atom stereocenters. The maximum absolute atomic E-state index is 14.7. The Morgan fingerprint density at radius 2 is 1.54 bits per heavy atom. The minimum atomic E-state index is -2.78. The number of ether oxygens (including phenoxy) is 1. The lowest BCUT2D eigenvalue weighted by atomic mass is 9.84. The maximum Gasteiger partial charge on any atom is 0.146 e. The Morgan fingerprint density at radius 1 is 1.00 bits per heavy atom. The predicted octanol–water partition coefficient (Wildman–Crippen LogP) is 5.50. The van der Waals surface area contributed by atoms with Crippen molar-refractivity contribution in [3.63, 3.8) is 0 Å². The molecule has 0 amide bonds. The van der Waals surface area contributed by atoms with Crippen LogP contribution in [0.4, 0.5) is 0 Å². The molecular formula is C23H29O2P. The number of rotatable bonds is 5. The van der Waals surface area contributed by atoms with E-state index in [-0.39, 0.29) is 11.1 Å². The van der Waals surface area contributed by atoms with Crippen molar-refractivity contribution in [1.29, 1.82) is 0 Å². The molecule has 0 bridgehead atoms. The first kappa shape index (κ1) is 19.0. The largest absolute Gasteiger partial charge is 0.499 e. The normalized spacial score (nSPS) is 20.1. The Bertz CT molecular complexity index is 750. The van der Waals surface area contributed by atoms with E-state index >= 15 is 0 Å². The fourth-order valence-corrected chi connectivity index (χ4v) is 8.05. The van der Waals surface area contributed by atoms with Crippen molar-refractivity contribution in [3.05, 3.63) is 72.5 Å². The molecule has 0 spiro atoms. The molecule has 0 N–H and O–H groups in total. The first-order valence-electron chi connectivity index (χ1n) is 9.51. The standard InChI is InChI=1S/C23H29O2P/c1-4-25-19-12-11-17-22(23(2,3)18-19)26(24,20-13-7-5-8-14-20)21-15-9-6-10-16-21/h5-10,12-16,22H,4,11,17-18H2,1-3H3/t22-/m1/s1. The topological polar surface area (TPSA) is 26.3 Å².